The molecule has 3 nitrogen and oxygen atoms in total. The standard InChI is InChI=1S/C21H17FN2OS/c22-19-11-4-2-7-16(19)14-26-21-23-12-13-24(21)20(25)18-10-5-8-15-6-1-3-9-17(15)18/h1-11H,12-14H2. The van der Waals surface area contributed by atoms with Crippen LogP contribution in [0.5, 0.6) is 0 Å². The van der Waals surface area contributed by atoms with Crippen LogP contribution >= 0.6 is 11.8 Å². The van der Waals surface area contributed by atoms with Gasteiger partial charge in [0.2, 0.25) is 0 Å². The maximum atomic E-state index is 13.8. The van der Waals surface area contributed by atoms with Crippen molar-refractivity contribution in [2.24, 2.45) is 4.99 Å². The summed E-state index contributed by atoms with van der Waals surface area (Å²) in [4.78, 5) is 19.3. The second kappa shape index (κ2) is 7.30. The molecular formula is C21H17FN2OS. The fraction of sp³-hybridized carbons (Fsp3) is 0.143. The predicted octanol–water partition coefficient (Wildman–Crippen LogP) is 4.72. The highest BCUT2D eigenvalue weighted by Crippen LogP contribution is 2.25. The number of aliphatic imine (C=N–C) groups is 1. The first-order valence-corrected chi connectivity index (χ1v) is 9.43. The van der Waals surface area contributed by atoms with Gasteiger partial charge in [0.15, 0.2) is 5.17 Å². The van der Waals surface area contributed by atoms with E-state index in [0.29, 0.717) is 35.1 Å². The average molecular weight is 364 g/mol. The Labute approximate surface area is 155 Å². The van der Waals surface area contributed by atoms with E-state index in [1.807, 2.05) is 48.5 Å². The normalized spacial score (nSPS) is 13.9. The van der Waals surface area contributed by atoms with Crippen molar-refractivity contribution in [2.75, 3.05) is 13.1 Å². The van der Waals surface area contributed by atoms with E-state index in [1.54, 1.807) is 17.0 Å². The summed E-state index contributed by atoms with van der Waals surface area (Å²) in [5.41, 5.74) is 1.29. The van der Waals surface area contributed by atoms with Gasteiger partial charge in [-0.3, -0.25) is 14.7 Å². The fourth-order valence-electron chi connectivity index (χ4n) is 3.05. The number of benzene rings is 3. The molecule has 4 rings (SSSR count). The van der Waals surface area contributed by atoms with E-state index in [1.165, 1.54) is 17.8 Å². The van der Waals surface area contributed by atoms with Crippen LogP contribution in [0, 0.1) is 5.82 Å². The van der Waals surface area contributed by atoms with Crippen LogP contribution in [0.1, 0.15) is 15.9 Å². The van der Waals surface area contributed by atoms with Crippen LogP contribution in [0.15, 0.2) is 71.7 Å². The van der Waals surface area contributed by atoms with E-state index in [2.05, 4.69) is 4.99 Å². The molecule has 0 fully saturated rings. The molecule has 0 saturated heterocycles. The van der Waals surface area contributed by atoms with E-state index < -0.39 is 0 Å². The summed E-state index contributed by atoms with van der Waals surface area (Å²) < 4.78 is 13.8. The maximum absolute atomic E-state index is 13.8. The Morgan fingerprint density at radius 3 is 2.69 bits per heavy atom. The minimum absolute atomic E-state index is 0.0564. The van der Waals surface area contributed by atoms with Crippen molar-refractivity contribution >= 4 is 33.6 Å². The van der Waals surface area contributed by atoms with Gasteiger partial charge in [0, 0.05) is 17.9 Å². The zero-order chi connectivity index (χ0) is 17.9. The molecule has 26 heavy (non-hydrogen) atoms. The topological polar surface area (TPSA) is 32.7 Å². The highest BCUT2D eigenvalue weighted by molar-refractivity contribution is 8.13. The summed E-state index contributed by atoms with van der Waals surface area (Å²) in [6.07, 6.45) is 0. The number of amides is 1. The molecule has 0 aromatic heterocycles. The van der Waals surface area contributed by atoms with Gasteiger partial charge in [-0.25, -0.2) is 4.39 Å². The molecule has 0 unspecified atom stereocenters. The molecule has 1 aliphatic heterocycles. The third kappa shape index (κ3) is 3.22. The minimum Gasteiger partial charge on any atom is -0.286 e. The Bertz CT molecular complexity index is 997. The van der Waals surface area contributed by atoms with Gasteiger partial charge in [0.1, 0.15) is 5.82 Å². The number of hydrogen-bond acceptors (Lipinski definition) is 3. The van der Waals surface area contributed by atoms with Gasteiger partial charge in [-0.15, -0.1) is 0 Å². The van der Waals surface area contributed by atoms with Crippen molar-refractivity contribution in [3.63, 3.8) is 0 Å². The molecule has 0 bridgehead atoms. The molecule has 0 atom stereocenters. The SMILES string of the molecule is O=C(c1cccc2ccccc12)N1CCN=C1SCc1ccccc1F. The molecule has 3 aromatic rings. The van der Waals surface area contributed by atoms with Crippen molar-refractivity contribution < 1.29 is 9.18 Å². The molecule has 3 aromatic carbocycles. The number of amidine groups is 1. The zero-order valence-corrected chi connectivity index (χ0v) is 14.9. The van der Waals surface area contributed by atoms with Gasteiger partial charge in [-0.2, -0.15) is 0 Å². The summed E-state index contributed by atoms with van der Waals surface area (Å²) in [6, 6.07) is 20.3. The number of thioether (sulfide) groups is 1. The largest absolute Gasteiger partial charge is 0.286 e. The van der Waals surface area contributed by atoms with Crippen LogP contribution in [-0.2, 0) is 5.75 Å². The van der Waals surface area contributed by atoms with E-state index >= 15 is 0 Å². The first-order valence-electron chi connectivity index (χ1n) is 8.44. The van der Waals surface area contributed by atoms with Crippen LogP contribution in [0.3, 0.4) is 0 Å². The van der Waals surface area contributed by atoms with E-state index in [-0.39, 0.29) is 11.7 Å². The van der Waals surface area contributed by atoms with Crippen LogP contribution in [0.25, 0.3) is 10.8 Å². The lowest BCUT2D eigenvalue weighted by Crippen LogP contribution is -2.33. The Hall–Kier alpha value is -2.66. The maximum Gasteiger partial charge on any atom is 0.260 e. The minimum atomic E-state index is -0.231. The summed E-state index contributed by atoms with van der Waals surface area (Å²) in [5, 5.41) is 2.63. The van der Waals surface area contributed by atoms with Gasteiger partial charge in [-0.1, -0.05) is 66.4 Å². The Balaban J connectivity index is 1.56. The van der Waals surface area contributed by atoms with E-state index in [0.717, 1.165) is 10.8 Å². The monoisotopic (exact) mass is 364 g/mol. The van der Waals surface area contributed by atoms with Crippen molar-refractivity contribution in [1.82, 2.24) is 4.90 Å². The van der Waals surface area contributed by atoms with Crippen molar-refractivity contribution in [3.8, 4) is 0 Å². The molecule has 0 spiro atoms. The number of hydrogen-bond donors (Lipinski definition) is 0. The summed E-state index contributed by atoms with van der Waals surface area (Å²) >= 11 is 1.40. The Morgan fingerprint density at radius 1 is 1.04 bits per heavy atom. The third-order valence-electron chi connectivity index (χ3n) is 4.38. The van der Waals surface area contributed by atoms with Crippen LogP contribution in [-0.4, -0.2) is 29.1 Å². The number of carbonyl (C=O) groups excluding carboxylic acids is 1. The van der Waals surface area contributed by atoms with Gasteiger partial charge in [-0.05, 0) is 28.5 Å². The molecule has 0 N–H and O–H groups in total. The molecule has 1 heterocycles. The Kier molecular flexibility index (Phi) is 4.71. The van der Waals surface area contributed by atoms with E-state index in [4.69, 9.17) is 0 Å². The van der Waals surface area contributed by atoms with Crippen molar-refractivity contribution in [2.45, 2.75) is 5.75 Å². The van der Waals surface area contributed by atoms with Gasteiger partial charge < -0.3 is 0 Å². The summed E-state index contributed by atoms with van der Waals surface area (Å²) in [5.74, 6) is 0.162. The fourth-order valence-corrected chi connectivity index (χ4v) is 4.08. The van der Waals surface area contributed by atoms with Crippen molar-refractivity contribution in [1.29, 1.82) is 0 Å². The number of fused-ring (bicyclic) bond motifs is 1. The first-order chi connectivity index (χ1) is 12.7. The molecule has 0 saturated carbocycles. The number of carbonyl (C=O) groups is 1. The predicted molar refractivity (Wildman–Crippen MR) is 105 cm³/mol. The van der Waals surface area contributed by atoms with Crippen LogP contribution < -0.4 is 0 Å². The lowest BCUT2D eigenvalue weighted by atomic mass is 10.0. The van der Waals surface area contributed by atoms with Crippen LogP contribution in [0.2, 0.25) is 0 Å². The van der Waals surface area contributed by atoms with Gasteiger partial charge >= 0.3 is 0 Å². The van der Waals surface area contributed by atoms with Crippen LogP contribution in [0.4, 0.5) is 4.39 Å². The third-order valence-corrected chi connectivity index (χ3v) is 5.44. The number of rotatable bonds is 3. The zero-order valence-electron chi connectivity index (χ0n) is 14.1. The van der Waals surface area contributed by atoms with Gasteiger partial charge in [0.25, 0.3) is 5.91 Å². The lowest BCUT2D eigenvalue weighted by molar-refractivity contribution is 0.0862. The quantitative estimate of drug-likeness (QED) is 0.673. The molecule has 0 radical (unpaired) electrons. The second-order valence-corrected chi connectivity index (χ2v) is 6.97. The second-order valence-electron chi connectivity index (χ2n) is 6.03. The molecule has 1 aliphatic rings. The van der Waals surface area contributed by atoms with E-state index in [9.17, 15) is 9.18 Å². The summed E-state index contributed by atoms with van der Waals surface area (Å²) in [7, 11) is 0. The lowest BCUT2D eigenvalue weighted by Gasteiger charge is -2.19. The first kappa shape index (κ1) is 16.8. The number of nitrogens with zero attached hydrogens (tertiary/aromatic N) is 2. The van der Waals surface area contributed by atoms with Gasteiger partial charge in [0.05, 0.1) is 6.54 Å². The molecule has 5 heteroatoms. The molecule has 130 valence electrons. The average Bonchev–Trinajstić information content (AvgIpc) is 3.15. The molecular weight excluding hydrogens is 347 g/mol. The molecule has 0 aliphatic carbocycles. The molecule has 1 amide bonds. The highest BCUT2D eigenvalue weighted by atomic mass is 32.2. The summed E-state index contributed by atoms with van der Waals surface area (Å²) in [6.45, 7) is 1.14. The highest BCUT2D eigenvalue weighted by Gasteiger charge is 2.26. The smallest absolute Gasteiger partial charge is 0.260 e. The number of halogens is 1. The van der Waals surface area contributed by atoms with Crippen molar-refractivity contribution in [3.05, 3.63) is 83.7 Å². The Morgan fingerprint density at radius 2 is 1.81 bits per heavy atom.